The van der Waals surface area contributed by atoms with E-state index in [1.54, 1.807) is 56.3 Å². The van der Waals surface area contributed by atoms with Gasteiger partial charge in [0, 0.05) is 16.7 Å². The van der Waals surface area contributed by atoms with Crippen molar-refractivity contribution in [2.75, 3.05) is 19.5 Å². The molecule has 2 amide bonds. The summed E-state index contributed by atoms with van der Waals surface area (Å²) in [5.74, 6) is -1.05. The molecule has 0 spiro atoms. The van der Waals surface area contributed by atoms with E-state index < -0.39 is 29.9 Å². The normalized spacial score (nSPS) is 12.5. The summed E-state index contributed by atoms with van der Waals surface area (Å²) in [5, 5.41) is 5.81. The lowest BCUT2D eigenvalue weighted by atomic mass is 10.0. The summed E-state index contributed by atoms with van der Waals surface area (Å²) in [4.78, 5) is 37.8. The molecule has 8 nitrogen and oxygen atoms in total. The number of methoxy groups -OCH3 is 2. The Hall–Kier alpha value is -3.26. The number of amides is 2. The van der Waals surface area contributed by atoms with Gasteiger partial charge in [-0.05, 0) is 49.2 Å². The second kappa shape index (κ2) is 11.4. The van der Waals surface area contributed by atoms with Crippen LogP contribution in [0.2, 0.25) is 5.02 Å². The fourth-order valence-corrected chi connectivity index (χ4v) is 2.90. The summed E-state index contributed by atoms with van der Waals surface area (Å²) in [6, 6.07) is 10.3. The second-order valence-corrected chi connectivity index (χ2v) is 7.77. The Morgan fingerprint density at radius 1 is 0.938 bits per heavy atom. The average Bonchev–Trinajstić information content (AvgIpc) is 2.77. The molecule has 0 heterocycles. The minimum atomic E-state index is -1.12. The van der Waals surface area contributed by atoms with Crippen molar-refractivity contribution in [3.05, 3.63) is 53.1 Å². The van der Waals surface area contributed by atoms with Crippen molar-refractivity contribution in [2.45, 2.75) is 32.9 Å². The molecule has 172 valence electrons. The fourth-order valence-electron chi connectivity index (χ4n) is 2.77. The fraction of sp³-hybridized carbons (Fsp3) is 0.348. The molecule has 2 atom stereocenters. The highest BCUT2D eigenvalue weighted by molar-refractivity contribution is 6.30. The van der Waals surface area contributed by atoms with Crippen molar-refractivity contribution in [2.24, 2.45) is 5.92 Å². The van der Waals surface area contributed by atoms with E-state index in [1.807, 2.05) is 0 Å². The van der Waals surface area contributed by atoms with E-state index in [2.05, 4.69) is 10.6 Å². The zero-order chi connectivity index (χ0) is 23.8. The molecule has 0 aliphatic heterocycles. The topological polar surface area (TPSA) is 103 Å². The Morgan fingerprint density at radius 3 is 2.16 bits per heavy atom. The molecule has 2 aromatic carbocycles. The number of ether oxygens (including phenoxy) is 3. The number of hydrogen-bond donors (Lipinski definition) is 2. The highest BCUT2D eigenvalue weighted by Gasteiger charge is 2.29. The van der Waals surface area contributed by atoms with Crippen molar-refractivity contribution in [3.8, 4) is 11.5 Å². The average molecular weight is 463 g/mol. The van der Waals surface area contributed by atoms with Gasteiger partial charge >= 0.3 is 5.97 Å². The zero-order valence-electron chi connectivity index (χ0n) is 18.6. The third-order valence-corrected chi connectivity index (χ3v) is 4.89. The van der Waals surface area contributed by atoms with Crippen molar-refractivity contribution in [1.82, 2.24) is 5.32 Å². The maximum Gasteiger partial charge on any atom is 0.329 e. The van der Waals surface area contributed by atoms with Gasteiger partial charge in [0.05, 0.1) is 19.9 Å². The molecular weight excluding hydrogens is 436 g/mol. The van der Waals surface area contributed by atoms with E-state index in [9.17, 15) is 14.4 Å². The number of rotatable bonds is 9. The van der Waals surface area contributed by atoms with E-state index in [4.69, 9.17) is 25.8 Å². The van der Waals surface area contributed by atoms with Crippen LogP contribution in [0.15, 0.2) is 42.5 Å². The monoisotopic (exact) mass is 462 g/mol. The van der Waals surface area contributed by atoms with E-state index >= 15 is 0 Å². The predicted octanol–water partition coefficient (Wildman–Crippen LogP) is 3.68. The molecule has 0 aliphatic rings. The smallest absolute Gasteiger partial charge is 0.329 e. The SMILES string of the molecule is COc1ccc(OC)c(NC(=O)[C@H](C)OC(=O)[C@@H](NC(=O)c2ccc(Cl)cc2)C(C)C)c1. The van der Waals surface area contributed by atoms with Gasteiger partial charge in [0.2, 0.25) is 0 Å². The third kappa shape index (κ3) is 6.62. The molecule has 9 heteroatoms. The first-order chi connectivity index (χ1) is 15.2. The van der Waals surface area contributed by atoms with Gasteiger partial charge in [-0.15, -0.1) is 0 Å². The first-order valence-corrected chi connectivity index (χ1v) is 10.3. The molecule has 0 saturated heterocycles. The Balaban J connectivity index is 2.05. The van der Waals surface area contributed by atoms with Crippen LogP contribution in [0, 0.1) is 5.92 Å². The first kappa shape index (κ1) is 25.0. The molecule has 0 unspecified atom stereocenters. The molecular formula is C23H27ClN2O6. The highest BCUT2D eigenvalue weighted by Crippen LogP contribution is 2.29. The predicted molar refractivity (Wildman–Crippen MR) is 121 cm³/mol. The van der Waals surface area contributed by atoms with Gasteiger partial charge in [0.25, 0.3) is 11.8 Å². The Labute approximate surface area is 192 Å². The lowest BCUT2D eigenvalue weighted by Gasteiger charge is -2.23. The lowest BCUT2D eigenvalue weighted by molar-refractivity contribution is -0.156. The summed E-state index contributed by atoms with van der Waals surface area (Å²) >= 11 is 5.85. The Morgan fingerprint density at radius 2 is 1.59 bits per heavy atom. The highest BCUT2D eigenvalue weighted by atomic mass is 35.5. The van der Waals surface area contributed by atoms with E-state index in [-0.39, 0.29) is 5.92 Å². The quantitative estimate of drug-likeness (QED) is 0.551. The van der Waals surface area contributed by atoms with Crippen LogP contribution < -0.4 is 20.1 Å². The summed E-state index contributed by atoms with van der Waals surface area (Å²) in [5.41, 5.74) is 0.722. The molecule has 0 radical (unpaired) electrons. The van der Waals surface area contributed by atoms with Crippen LogP contribution in [0.5, 0.6) is 11.5 Å². The summed E-state index contributed by atoms with van der Waals surface area (Å²) in [7, 11) is 2.97. The largest absolute Gasteiger partial charge is 0.497 e. The van der Waals surface area contributed by atoms with Crippen molar-refractivity contribution < 1.29 is 28.6 Å². The van der Waals surface area contributed by atoms with E-state index in [1.165, 1.54) is 21.1 Å². The van der Waals surface area contributed by atoms with Gasteiger partial charge in [-0.1, -0.05) is 25.4 Å². The maximum absolute atomic E-state index is 12.7. The molecule has 32 heavy (non-hydrogen) atoms. The van der Waals surface area contributed by atoms with E-state index in [0.717, 1.165) is 0 Å². The van der Waals surface area contributed by atoms with Gasteiger partial charge in [-0.3, -0.25) is 9.59 Å². The van der Waals surface area contributed by atoms with Crippen LogP contribution in [0.3, 0.4) is 0 Å². The number of anilines is 1. The van der Waals surface area contributed by atoms with Gasteiger partial charge in [0.1, 0.15) is 17.5 Å². The first-order valence-electron chi connectivity index (χ1n) is 9.96. The lowest BCUT2D eigenvalue weighted by Crippen LogP contribution is -2.47. The van der Waals surface area contributed by atoms with Crippen molar-refractivity contribution >= 4 is 35.1 Å². The molecule has 2 N–H and O–H groups in total. The standard InChI is InChI=1S/C23H27ClN2O6/c1-13(2)20(26-22(28)15-6-8-16(24)9-7-15)23(29)32-14(3)21(27)25-18-12-17(30-4)10-11-19(18)31-5/h6-14,20H,1-5H3,(H,25,27)(H,26,28)/t14-,20-/m0/s1. The molecule has 2 rings (SSSR count). The van der Waals surface area contributed by atoms with Gasteiger partial charge < -0.3 is 24.8 Å². The number of carbonyl (C=O) groups is 3. The zero-order valence-corrected chi connectivity index (χ0v) is 19.4. The van der Waals surface area contributed by atoms with Crippen LogP contribution in [-0.4, -0.2) is 44.1 Å². The van der Waals surface area contributed by atoms with Gasteiger partial charge in [-0.2, -0.15) is 0 Å². The maximum atomic E-state index is 12.7. The molecule has 0 fully saturated rings. The number of carbonyl (C=O) groups excluding carboxylic acids is 3. The molecule has 0 aliphatic carbocycles. The van der Waals surface area contributed by atoms with Gasteiger partial charge in [-0.25, -0.2) is 4.79 Å². The summed E-state index contributed by atoms with van der Waals surface area (Å²) in [6.45, 7) is 4.97. The van der Waals surface area contributed by atoms with E-state index in [0.29, 0.717) is 27.8 Å². The number of esters is 1. The Kier molecular flexibility index (Phi) is 8.90. The second-order valence-electron chi connectivity index (χ2n) is 7.34. The number of benzene rings is 2. The molecule has 2 aromatic rings. The minimum absolute atomic E-state index is 0.271. The summed E-state index contributed by atoms with van der Waals surface area (Å²) in [6.07, 6.45) is -1.12. The molecule has 0 aromatic heterocycles. The number of hydrogen-bond acceptors (Lipinski definition) is 6. The van der Waals surface area contributed by atoms with Crippen LogP contribution in [0.25, 0.3) is 0 Å². The van der Waals surface area contributed by atoms with Crippen molar-refractivity contribution in [1.29, 1.82) is 0 Å². The van der Waals surface area contributed by atoms with Gasteiger partial charge in [0.15, 0.2) is 6.10 Å². The summed E-state index contributed by atoms with van der Waals surface area (Å²) < 4.78 is 15.7. The molecule has 0 bridgehead atoms. The molecule has 0 saturated carbocycles. The van der Waals surface area contributed by atoms with Crippen LogP contribution in [-0.2, 0) is 14.3 Å². The Bertz CT molecular complexity index is 961. The van der Waals surface area contributed by atoms with Crippen molar-refractivity contribution in [3.63, 3.8) is 0 Å². The van der Waals surface area contributed by atoms with Crippen LogP contribution in [0.1, 0.15) is 31.1 Å². The van der Waals surface area contributed by atoms with Crippen LogP contribution >= 0.6 is 11.6 Å². The number of nitrogens with one attached hydrogen (secondary N) is 2. The van der Waals surface area contributed by atoms with Crippen LogP contribution in [0.4, 0.5) is 5.69 Å². The number of halogens is 1. The minimum Gasteiger partial charge on any atom is -0.497 e. The third-order valence-electron chi connectivity index (χ3n) is 4.64.